The van der Waals surface area contributed by atoms with E-state index in [1.807, 2.05) is 25.7 Å². The van der Waals surface area contributed by atoms with Crippen molar-refractivity contribution in [1.29, 1.82) is 0 Å². The molecule has 1 aliphatic heterocycles. The van der Waals surface area contributed by atoms with Crippen LogP contribution in [0.1, 0.15) is 46.5 Å². The lowest BCUT2D eigenvalue weighted by molar-refractivity contribution is -0.00732. The molecule has 2 N–H and O–H groups in total. The molecular formula is C13H24N2O2. The number of amides is 1. The Hall–Kier alpha value is -0.770. The summed E-state index contributed by atoms with van der Waals surface area (Å²) in [5, 5.41) is 0. The molecule has 0 aromatic carbocycles. The van der Waals surface area contributed by atoms with Gasteiger partial charge in [-0.15, -0.1) is 0 Å². The highest BCUT2D eigenvalue weighted by atomic mass is 16.6. The number of hydrogen-bond acceptors (Lipinski definition) is 3. The lowest BCUT2D eigenvalue weighted by Gasteiger charge is -2.46. The summed E-state index contributed by atoms with van der Waals surface area (Å²) >= 11 is 0. The molecule has 0 aromatic rings. The lowest BCUT2D eigenvalue weighted by atomic mass is 9.77. The molecule has 2 rings (SSSR count). The number of nitrogens with two attached hydrogens (primary N) is 1. The first-order chi connectivity index (χ1) is 7.87. The molecule has 1 saturated carbocycles. The van der Waals surface area contributed by atoms with E-state index in [1.54, 1.807) is 0 Å². The molecule has 1 heterocycles. The Morgan fingerprint density at radius 3 is 2.65 bits per heavy atom. The molecule has 1 amide bonds. The quantitative estimate of drug-likeness (QED) is 0.705. The van der Waals surface area contributed by atoms with E-state index in [1.165, 1.54) is 6.42 Å². The van der Waals surface area contributed by atoms with Crippen molar-refractivity contribution in [2.75, 3.05) is 6.54 Å². The van der Waals surface area contributed by atoms with Crippen molar-refractivity contribution in [2.45, 2.75) is 64.1 Å². The van der Waals surface area contributed by atoms with Crippen molar-refractivity contribution in [2.24, 2.45) is 11.7 Å². The molecule has 17 heavy (non-hydrogen) atoms. The smallest absolute Gasteiger partial charge is 0.410 e. The second-order valence-electron chi connectivity index (χ2n) is 6.37. The maximum absolute atomic E-state index is 12.1. The number of rotatable bonds is 0. The van der Waals surface area contributed by atoms with Gasteiger partial charge in [0.05, 0.1) is 6.04 Å². The predicted octanol–water partition coefficient (Wildman–Crippen LogP) is 2.12. The summed E-state index contributed by atoms with van der Waals surface area (Å²) in [6, 6.07) is 0.316. The molecule has 1 aliphatic carbocycles. The molecule has 0 spiro atoms. The van der Waals surface area contributed by atoms with E-state index in [0.29, 0.717) is 0 Å². The highest BCUT2D eigenvalue weighted by molar-refractivity contribution is 5.68. The van der Waals surface area contributed by atoms with Gasteiger partial charge in [0, 0.05) is 12.6 Å². The van der Waals surface area contributed by atoms with Gasteiger partial charge in [-0.3, -0.25) is 0 Å². The predicted molar refractivity (Wildman–Crippen MR) is 66.7 cm³/mol. The fraction of sp³-hybridized carbons (Fsp3) is 0.923. The minimum absolute atomic E-state index is 0.124. The summed E-state index contributed by atoms with van der Waals surface area (Å²) in [7, 11) is 0. The van der Waals surface area contributed by atoms with Crippen LogP contribution in [-0.4, -0.2) is 35.2 Å². The standard InChI is InChI=1S/C13H24N2O2/c1-13(2,3)17-12(16)15-7-6-9-4-5-10(14)11(15)8-9/h9-11H,4-8,14H2,1-3H3. The molecule has 4 nitrogen and oxygen atoms in total. The Kier molecular flexibility index (Phi) is 3.34. The van der Waals surface area contributed by atoms with Crippen LogP contribution in [0.5, 0.6) is 0 Å². The second-order valence-corrected chi connectivity index (χ2v) is 6.37. The fourth-order valence-electron chi connectivity index (χ4n) is 2.91. The number of likely N-dealkylation sites (tertiary alicyclic amines) is 1. The van der Waals surface area contributed by atoms with Gasteiger partial charge in [-0.2, -0.15) is 0 Å². The first kappa shape index (κ1) is 12.7. The molecule has 0 aromatic heterocycles. The summed E-state index contributed by atoms with van der Waals surface area (Å²) in [5.74, 6) is 0.762. The molecule has 98 valence electrons. The van der Waals surface area contributed by atoms with Crippen LogP contribution in [0.15, 0.2) is 0 Å². The Balaban J connectivity index is 2.02. The van der Waals surface area contributed by atoms with E-state index in [-0.39, 0.29) is 18.2 Å². The van der Waals surface area contributed by atoms with E-state index in [2.05, 4.69) is 0 Å². The molecule has 0 radical (unpaired) electrons. The average molecular weight is 240 g/mol. The number of piperidine rings is 1. The molecule has 4 heteroatoms. The number of carbonyl (C=O) groups is 1. The van der Waals surface area contributed by atoms with E-state index in [4.69, 9.17) is 10.5 Å². The summed E-state index contributed by atoms with van der Waals surface area (Å²) in [6.45, 7) is 6.51. The van der Waals surface area contributed by atoms with Gasteiger partial charge in [0.2, 0.25) is 0 Å². The zero-order chi connectivity index (χ0) is 12.6. The minimum Gasteiger partial charge on any atom is -0.444 e. The van der Waals surface area contributed by atoms with Gasteiger partial charge in [-0.1, -0.05) is 0 Å². The highest BCUT2D eigenvalue weighted by Crippen LogP contribution is 2.34. The van der Waals surface area contributed by atoms with Crippen LogP contribution < -0.4 is 5.73 Å². The average Bonchev–Trinajstić information content (AvgIpc) is 2.21. The van der Waals surface area contributed by atoms with Crippen molar-refractivity contribution < 1.29 is 9.53 Å². The van der Waals surface area contributed by atoms with Gasteiger partial charge >= 0.3 is 6.09 Å². The van der Waals surface area contributed by atoms with E-state index >= 15 is 0 Å². The minimum atomic E-state index is -0.424. The van der Waals surface area contributed by atoms with Gasteiger partial charge in [0.25, 0.3) is 0 Å². The monoisotopic (exact) mass is 240 g/mol. The van der Waals surface area contributed by atoms with E-state index in [9.17, 15) is 4.79 Å². The largest absolute Gasteiger partial charge is 0.444 e. The third-order valence-electron chi connectivity index (χ3n) is 3.78. The number of ether oxygens (including phenoxy) is 1. The molecule has 3 unspecified atom stereocenters. The number of fused-ring (bicyclic) bond motifs is 2. The Bertz CT molecular complexity index is 298. The third kappa shape index (κ3) is 2.92. The van der Waals surface area contributed by atoms with Crippen LogP contribution in [-0.2, 0) is 4.74 Å². The van der Waals surface area contributed by atoms with Crippen molar-refractivity contribution in [3.8, 4) is 0 Å². The van der Waals surface area contributed by atoms with Crippen molar-refractivity contribution in [1.82, 2.24) is 4.90 Å². The topological polar surface area (TPSA) is 55.6 Å². The van der Waals surface area contributed by atoms with Gasteiger partial charge in [-0.05, 0) is 52.4 Å². The van der Waals surface area contributed by atoms with Crippen LogP contribution in [0.4, 0.5) is 4.79 Å². The molecule has 2 aliphatic rings. The summed E-state index contributed by atoms with van der Waals surface area (Å²) in [4.78, 5) is 14.0. The third-order valence-corrected chi connectivity index (χ3v) is 3.78. The summed E-state index contributed by atoms with van der Waals surface area (Å²) < 4.78 is 5.45. The lowest BCUT2D eigenvalue weighted by Crippen LogP contribution is -2.57. The molecular weight excluding hydrogens is 216 g/mol. The molecule has 1 saturated heterocycles. The van der Waals surface area contributed by atoms with E-state index in [0.717, 1.165) is 31.7 Å². The fourth-order valence-corrected chi connectivity index (χ4v) is 2.91. The maximum atomic E-state index is 12.1. The zero-order valence-corrected chi connectivity index (χ0v) is 11.1. The SMILES string of the molecule is CC(C)(C)OC(=O)N1CCC2CCC(N)C1C2. The van der Waals surface area contributed by atoms with Crippen LogP contribution >= 0.6 is 0 Å². The van der Waals surface area contributed by atoms with Crippen molar-refractivity contribution in [3.63, 3.8) is 0 Å². The van der Waals surface area contributed by atoms with E-state index < -0.39 is 5.60 Å². The van der Waals surface area contributed by atoms with Gasteiger partial charge in [-0.25, -0.2) is 4.79 Å². The normalized spacial score (nSPS) is 33.4. The summed E-state index contributed by atoms with van der Waals surface area (Å²) in [5.41, 5.74) is 5.70. The van der Waals surface area contributed by atoms with Crippen LogP contribution in [0, 0.1) is 5.92 Å². The van der Waals surface area contributed by atoms with Crippen LogP contribution in [0.3, 0.4) is 0 Å². The molecule has 2 fully saturated rings. The molecule has 2 bridgehead atoms. The van der Waals surface area contributed by atoms with Crippen LogP contribution in [0.25, 0.3) is 0 Å². The number of carbonyl (C=O) groups excluding carboxylic acids is 1. The van der Waals surface area contributed by atoms with Crippen molar-refractivity contribution in [3.05, 3.63) is 0 Å². The number of nitrogens with zero attached hydrogens (tertiary/aromatic N) is 1. The number of hydrogen-bond donors (Lipinski definition) is 1. The highest BCUT2D eigenvalue weighted by Gasteiger charge is 2.40. The zero-order valence-electron chi connectivity index (χ0n) is 11.1. The second kappa shape index (κ2) is 4.48. The first-order valence-corrected chi connectivity index (χ1v) is 6.62. The van der Waals surface area contributed by atoms with Gasteiger partial charge in [0.1, 0.15) is 5.60 Å². The Morgan fingerprint density at radius 2 is 2.00 bits per heavy atom. The van der Waals surface area contributed by atoms with Crippen molar-refractivity contribution >= 4 is 6.09 Å². The van der Waals surface area contributed by atoms with Gasteiger partial charge < -0.3 is 15.4 Å². The Morgan fingerprint density at radius 1 is 1.29 bits per heavy atom. The van der Waals surface area contributed by atoms with Crippen LogP contribution in [0.2, 0.25) is 0 Å². The summed E-state index contributed by atoms with van der Waals surface area (Å²) in [6.07, 6.45) is 4.22. The first-order valence-electron chi connectivity index (χ1n) is 6.62. The Labute approximate surface area is 103 Å². The maximum Gasteiger partial charge on any atom is 0.410 e. The van der Waals surface area contributed by atoms with Gasteiger partial charge in [0.15, 0.2) is 0 Å². The molecule has 3 atom stereocenters.